The molecule has 0 spiro atoms. The lowest BCUT2D eigenvalue weighted by molar-refractivity contribution is -0.154. The van der Waals surface area contributed by atoms with Gasteiger partial charge in [-0.15, -0.1) is 0 Å². The number of hydrogen-bond acceptors (Lipinski definition) is 3. The van der Waals surface area contributed by atoms with Crippen molar-refractivity contribution in [3.05, 3.63) is 0 Å². The average Bonchev–Trinajstić information content (AvgIpc) is 2.51. The van der Waals surface area contributed by atoms with Gasteiger partial charge in [0.25, 0.3) is 0 Å². The van der Waals surface area contributed by atoms with Crippen LogP contribution in [-0.2, 0) is 14.4 Å². The van der Waals surface area contributed by atoms with E-state index in [9.17, 15) is 14.4 Å². The van der Waals surface area contributed by atoms with Crippen LogP contribution in [0.25, 0.3) is 0 Å². The zero-order chi connectivity index (χ0) is 17.7. The Morgan fingerprint density at radius 2 is 1.50 bits per heavy atom. The van der Waals surface area contributed by atoms with Gasteiger partial charge in [0.15, 0.2) is 0 Å². The van der Waals surface area contributed by atoms with Gasteiger partial charge in [-0.3, -0.25) is 9.59 Å². The number of amides is 1. The highest BCUT2D eigenvalue weighted by atomic mass is 16.4. The van der Waals surface area contributed by atoms with Gasteiger partial charge in [0.2, 0.25) is 5.91 Å². The Bertz CT molecular complexity index is 434. The number of carboxylic acid groups (broad SMARTS) is 1. The van der Waals surface area contributed by atoms with Gasteiger partial charge in [0, 0.05) is 24.3 Å². The van der Waals surface area contributed by atoms with Crippen LogP contribution in [0.3, 0.4) is 0 Å². The van der Waals surface area contributed by atoms with Gasteiger partial charge < -0.3 is 10.0 Å². The highest BCUT2D eigenvalue weighted by molar-refractivity contribution is 5.89. The van der Waals surface area contributed by atoms with Crippen LogP contribution in [0.2, 0.25) is 0 Å². The molecule has 0 aliphatic heterocycles. The fraction of sp³-hybridized carbons (Fsp3) is 0.824. The second-order valence-electron chi connectivity index (χ2n) is 6.71. The van der Waals surface area contributed by atoms with Crippen LogP contribution >= 0.6 is 0 Å². The number of ketones is 1. The third kappa shape index (κ3) is 4.31. The van der Waals surface area contributed by atoms with Gasteiger partial charge in [-0.2, -0.15) is 0 Å². The lowest BCUT2D eigenvalue weighted by Gasteiger charge is -2.39. The molecule has 0 aliphatic rings. The van der Waals surface area contributed by atoms with Crippen LogP contribution in [-0.4, -0.2) is 40.8 Å². The summed E-state index contributed by atoms with van der Waals surface area (Å²) in [6.07, 6.45) is 2.12. The minimum absolute atomic E-state index is 0.149. The second kappa shape index (κ2) is 7.75. The molecule has 0 fully saturated rings. The molecule has 0 aromatic heterocycles. The lowest BCUT2D eigenvalue weighted by atomic mass is 9.67. The molecule has 0 aliphatic carbocycles. The lowest BCUT2D eigenvalue weighted by Crippen LogP contribution is -2.49. The molecule has 128 valence electrons. The van der Waals surface area contributed by atoms with Gasteiger partial charge in [0.1, 0.15) is 11.8 Å². The molecule has 0 saturated heterocycles. The zero-order valence-electron chi connectivity index (χ0n) is 15.0. The maximum Gasteiger partial charge on any atom is 0.326 e. The fourth-order valence-electron chi connectivity index (χ4n) is 2.83. The summed E-state index contributed by atoms with van der Waals surface area (Å²) in [5.74, 6) is -1.10. The van der Waals surface area contributed by atoms with Gasteiger partial charge in [-0.25, -0.2) is 4.79 Å². The molecule has 0 radical (unpaired) electrons. The van der Waals surface area contributed by atoms with Crippen molar-refractivity contribution in [3.8, 4) is 0 Å². The molecule has 3 atom stereocenters. The van der Waals surface area contributed by atoms with Crippen LogP contribution in [0.5, 0.6) is 0 Å². The minimum atomic E-state index is -1.03. The van der Waals surface area contributed by atoms with Crippen molar-refractivity contribution in [3.63, 3.8) is 0 Å². The van der Waals surface area contributed by atoms with E-state index in [0.717, 1.165) is 0 Å². The topological polar surface area (TPSA) is 74.7 Å². The van der Waals surface area contributed by atoms with E-state index in [1.54, 1.807) is 0 Å². The Labute approximate surface area is 134 Å². The minimum Gasteiger partial charge on any atom is -0.480 e. The second-order valence-corrected chi connectivity index (χ2v) is 6.71. The molecule has 0 aromatic rings. The summed E-state index contributed by atoms with van der Waals surface area (Å²) in [6, 6.07) is -0.881. The summed E-state index contributed by atoms with van der Waals surface area (Å²) in [7, 11) is 1.51. The Kier molecular flexibility index (Phi) is 7.26. The number of aliphatic carboxylic acids is 1. The Balaban J connectivity index is 5.47. The van der Waals surface area contributed by atoms with E-state index in [0.29, 0.717) is 25.7 Å². The summed E-state index contributed by atoms with van der Waals surface area (Å²) in [5, 5.41) is 9.10. The number of carbonyl (C=O) groups is 3. The number of carboxylic acids is 1. The van der Waals surface area contributed by atoms with Crippen LogP contribution in [0.1, 0.15) is 67.2 Å². The Hall–Kier alpha value is -1.39. The molecule has 22 heavy (non-hydrogen) atoms. The molecule has 0 rings (SSSR count). The van der Waals surface area contributed by atoms with E-state index in [4.69, 9.17) is 5.11 Å². The molecule has 1 amide bonds. The predicted octanol–water partition coefficient (Wildman–Crippen LogP) is 3.12. The molecular weight excluding hydrogens is 282 g/mol. The first-order chi connectivity index (χ1) is 9.99. The smallest absolute Gasteiger partial charge is 0.326 e. The number of rotatable bonds is 9. The molecule has 0 heterocycles. The van der Waals surface area contributed by atoms with Crippen LogP contribution in [0, 0.1) is 10.8 Å². The van der Waals surface area contributed by atoms with Gasteiger partial charge in [-0.05, 0) is 26.2 Å². The molecule has 0 aromatic carbocycles. The monoisotopic (exact) mass is 313 g/mol. The first-order valence-electron chi connectivity index (χ1n) is 8.02. The average molecular weight is 313 g/mol. The first kappa shape index (κ1) is 20.6. The van der Waals surface area contributed by atoms with Crippen LogP contribution < -0.4 is 0 Å². The summed E-state index contributed by atoms with van der Waals surface area (Å²) in [6.45, 7) is 10.9. The quantitative estimate of drug-likeness (QED) is 0.709. The van der Waals surface area contributed by atoms with Gasteiger partial charge in [0.05, 0.1) is 0 Å². The number of likely N-dealkylation sites (N-methyl/N-ethyl adjacent to an activating group) is 1. The summed E-state index contributed by atoms with van der Waals surface area (Å²) < 4.78 is 0. The summed E-state index contributed by atoms with van der Waals surface area (Å²) in [4.78, 5) is 37.5. The van der Waals surface area contributed by atoms with E-state index >= 15 is 0 Å². The van der Waals surface area contributed by atoms with E-state index in [1.165, 1.54) is 18.9 Å². The van der Waals surface area contributed by atoms with Gasteiger partial charge >= 0.3 is 5.97 Å². The van der Waals surface area contributed by atoms with Crippen molar-refractivity contribution >= 4 is 17.7 Å². The van der Waals surface area contributed by atoms with Crippen molar-refractivity contribution < 1.29 is 19.5 Å². The molecule has 5 heteroatoms. The number of nitrogens with zero attached hydrogens (tertiary/aromatic N) is 1. The predicted molar refractivity (Wildman–Crippen MR) is 86.6 cm³/mol. The molecule has 1 N–H and O–H groups in total. The maximum atomic E-state index is 12.8. The first-order valence-corrected chi connectivity index (χ1v) is 8.02. The summed E-state index contributed by atoms with van der Waals surface area (Å²) >= 11 is 0. The van der Waals surface area contributed by atoms with Gasteiger partial charge in [-0.1, -0.05) is 34.6 Å². The highest BCUT2D eigenvalue weighted by Gasteiger charge is 2.44. The van der Waals surface area contributed by atoms with E-state index in [2.05, 4.69) is 0 Å². The van der Waals surface area contributed by atoms with Crippen molar-refractivity contribution in [2.45, 2.75) is 73.3 Å². The molecule has 5 nitrogen and oxygen atoms in total. The third-order valence-corrected chi connectivity index (χ3v) is 5.11. The zero-order valence-corrected chi connectivity index (χ0v) is 15.0. The fourth-order valence-corrected chi connectivity index (χ4v) is 2.83. The van der Waals surface area contributed by atoms with E-state index in [1.807, 2.05) is 34.6 Å². The summed E-state index contributed by atoms with van der Waals surface area (Å²) in [5.41, 5.74) is -1.30. The highest BCUT2D eigenvalue weighted by Crippen LogP contribution is 2.41. The Morgan fingerprint density at radius 3 is 1.82 bits per heavy atom. The van der Waals surface area contributed by atoms with Crippen molar-refractivity contribution in [1.82, 2.24) is 4.90 Å². The molecule has 2 unspecified atom stereocenters. The van der Waals surface area contributed by atoms with Crippen LogP contribution in [0.4, 0.5) is 0 Å². The Morgan fingerprint density at radius 1 is 1.05 bits per heavy atom. The van der Waals surface area contributed by atoms with Crippen LogP contribution in [0.15, 0.2) is 0 Å². The SMILES string of the molecule is CCC(=O)C(C)(CC)CC(C)(CC)C(=O)N(C)[C@@H](C)C(=O)O. The normalized spacial score (nSPS) is 18.0. The van der Waals surface area contributed by atoms with Crippen molar-refractivity contribution in [2.24, 2.45) is 10.8 Å². The van der Waals surface area contributed by atoms with Crippen molar-refractivity contribution in [2.75, 3.05) is 7.05 Å². The molecule has 0 bridgehead atoms. The number of hydrogen-bond donors (Lipinski definition) is 1. The molecular formula is C17H31NO4. The maximum absolute atomic E-state index is 12.8. The number of Topliss-reactive ketones (excluding diaryl/α,β-unsaturated/α-hetero) is 1. The standard InChI is InChI=1S/C17H31NO4/c1-8-13(19)16(5,9-2)11-17(6,10-3)15(22)18(7)12(4)14(20)21/h12H,8-11H2,1-7H3,(H,20,21)/t12-,16?,17?/m0/s1. The van der Waals surface area contributed by atoms with Crippen molar-refractivity contribution in [1.29, 1.82) is 0 Å². The van der Waals surface area contributed by atoms with E-state index in [-0.39, 0.29) is 11.7 Å². The van der Waals surface area contributed by atoms with E-state index < -0.39 is 22.8 Å². The largest absolute Gasteiger partial charge is 0.480 e. The third-order valence-electron chi connectivity index (χ3n) is 5.11. The number of carbonyl (C=O) groups excluding carboxylic acids is 2. The molecule has 0 saturated carbocycles.